The number of alkyl halides is 3. The molecule has 1 aliphatic rings. The van der Waals surface area contributed by atoms with E-state index in [1.54, 1.807) is 12.1 Å². The number of hydrogen-bond donors (Lipinski definition) is 1. The van der Waals surface area contributed by atoms with Crippen LogP contribution in [0.1, 0.15) is 51.5 Å². The lowest BCUT2D eigenvalue weighted by Gasteiger charge is -2.31. The fraction of sp³-hybridized carbons (Fsp3) is 0.579. The number of nitrogens with zero attached hydrogens (tertiary/aromatic N) is 1. The Morgan fingerprint density at radius 2 is 1.85 bits per heavy atom. The molecule has 0 saturated carbocycles. The van der Waals surface area contributed by atoms with Crippen molar-refractivity contribution >= 4 is 11.8 Å². The van der Waals surface area contributed by atoms with E-state index >= 15 is 0 Å². The number of primary amides is 1. The number of rotatable bonds is 4. The van der Waals surface area contributed by atoms with Crippen LogP contribution in [0.4, 0.5) is 13.2 Å². The topological polar surface area (TPSA) is 72.6 Å². The highest BCUT2D eigenvalue weighted by atomic mass is 19.4. The van der Waals surface area contributed by atoms with Gasteiger partial charge in [-0.15, -0.1) is 13.2 Å². The molecule has 1 fully saturated rings. The second-order valence-electron chi connectivity index (χ2n) is 6.92. The summed E-state index contributed by atoms with van der Waals surface area (Å²) in [5.41, 5.74) is 5.30. The fourth-order valence-electron chi connectivity index (χ4n) is 2.92. The maximum absolute atomic E-state index is 12.3. The minimum absolute atomic E-state index is 0.0420. The molecular formula is C19H27F3N2O3. The Morgan fingerprint density at radius 1 is 1.30 bits per heavy atom. The van der Waals surface area contributed by atoms with Crippen molar-refractivity contribution in [1.29, 1.82) is 0 Å². The van der Waals surface area contributed by atoms with E-state index in [1.807, 2.05) is 11.8 Å². The van der Waals surface area contributed by atoms with E-state index in [0.29, 0.717) is 12.3 Å². The molecule has 1 aliphatic heterocycles. The highest BCUT2D eigenvalue weighted by molar-refractivity contribution is 5.77. The van der Waals surface area contributed by atoms with E-state index in [1.165, 1.54) is 19.1 Å². The molecule has 1 aromatic rings. The molecule has 2 N–H and O–H groups in total. The van der Waals surface area contributed by atoms with Crippen molar-refractivity contribution in [2.45, 2.75) is 52.3 Å². The van der Waals surface area contributed by atoms with Crippen LogP contribution in [-0.4, -0.2) is 36.2 Å². The highest BCUT2D eigenvalue weighted by Crippen LogP contribution is 2.27. The van der Waals surface area contributed by atoms with Gasteiger partial charge in [0.15, 0.2) is 0 Å². The number of halogens is 3. The lowest BCUT2D eigenvalue weighted by Crippen LogP contribution is -2.39. The SMILES string of the molecule is CC(N)=O.CC1CCCN(C(=O)CC(C)c2ccc(OC(F)(F)F)cc2)C1. The number of carbonyl (C=O) groups is 2. The van der Waals surface area contributed by atoms with Crippen LogP contribution >= 0.6 is 0 Å². The van der Waals surface area contributed by atoms with Gasteiger partial charge in [-0.05, 0) is 42.4 Å². The molecular weight excluding hydrogens is 361 g/mol. The lowest BCUT2D eigenvalue weighted by atomic mass is 9.95. The Hall–Kier alpha value is -2.25. The van der Waals surface area contributed by atoms with Gasteiger partial charge in [-0.25, -0.2) is 0 Å². The van der Waals surface area contributed by atoms with Crippen LogP contribution < -0.4 is 10.5 Å². The van der Waals surface area contributed by atoms with Gasteiger partial charge in [0.05, 0.1) is 0 Å². The molecule has 2 unspecified atom stereocenters. The minimum Gasteiger partial charge on any atom is -0.406 e. The summed E-state index contributed by atoms with van der Waals surface area (Å²) in [5.74, 6) is 0.0192. The van der Waals surface area contributed by atoms with E-state index in [9.17, 15) is 22.8 Å². The van der Waals surface area contributed by atoms with E-state index in [2.05, 4.69) is 17.4 Å². The van der Waals surface area contributed by atoms with Gasteiger partial charge in [0.2, 0.25) is 11.8 Å². The molecule has 2 rings (SSSR count). The van der Waals surface area contributed by atoms with Crippen LogP contribution in [-0.2, 0) is 9.59 Å². The van der Waals surface area contributed by atoms with Gasteiger partial charge in [-0.1, -0.05) is 26.0 Å². The minimum atomic E-state index is -4.69. The number of piperidine rings is 1. The molecule has 152 valence electrons. The Labute approximate surface area is 157 Å². The average Bonchev–Trinajstić information content (AvgIpc) is 2.53. The third-order valence-electron chi connectivity index (χ3n) is 4.17. The first-order valence-electron chi connectivity index (χ1n) is 8.87. The molecule has 1 heterocycles. The summed E-state index contributed by atoms with van der Waals surface area (Å²) in [6.07, 6.45) is -2.13. The number of likely N-dealkylation sites (tertiary alicyclic amines) is 1. The maximum atomic E-state index is 12.3. The standard InChI is InChI=1S/C17H22F3NO2.C2H5NO/c1-12-4-3-9-21(11-12)16(22)10-13(2)14-5-7-15(8-6-14)23-17(18,19)20;1-2(3)4/h5-8,12-13H,3-4,9-11H2,1-2H3;1H3,(H2,3,4). The number of nitrogens with two attached hydrogens (primary N) is 1. The summed E-state index contributed by atoms with van der Waals surface area (Å²) in [6, 6.07) is 5.73. The molecule has 0 bridgehead atoms. The quantitative estimate of drug-likeness (QED) is 0.852. The van der Waals surface area contributed by atoms with Crippen LogP contribution in [0.5, 0.6) is 5.75 Å². The van der Waals surface area contributed by atoms with E-state index in [4.69, 9.17) is 0 Å². The van der Waals surface area contributed by atoms with Crippen LogP contribution in [0.15, 0.2) is 24.3 Å². The molecule has 8 heteroatoms. The van der Waals surface area contributed by atoms with Gasteiger partial charge in [-0.3, -0.25) is 9.59 Å². The average molecular weight is 388 g/mol. The molecule has 2 atom stereocenters. The van der Waals surface area contributed by atoms with Crippen LogP contribution in [0.25, 0.3) is 0 Å². The number of amides is 2. The van der Waals surface area contributed by atoms with Crippen molar-refractivity contribution in [2.24, 2.45) is 11.7 Å². The Morgan fingerprint density at radius 3 is 2.33 bits per heavy atom. The first-order valence-corrected chi connectivity index (χ1v) is 8.87. The number of ether oxygens (including phenoxy) is 1. The lowest BCUT2D eigenvalue weighted by molar-refractivity contribution is -0.274. The van der Waals surface area contributed by atoms with Crippen molar-refractivity contribution in [1.82, 2.24) is 4.90 Å². The normalized spacial score (nSPS) is 18.1. The molecule has 2 amide bonds. The summed E-state index contributed by atoms with van der Waals surface area (Å²) < 4.78 is 40.3. The predicted octanol–water partition coefficient (Wildman–Crippen LogP) is 3.83. The van der Waals surface area contributed by atoms with Crippen LogP contribution in [0, 0.1) is 5.92 Å². The number of hydrogen-bond acceptors (Lipinski definition) is 3. The summed E-state index contributed by atoms with van der Waals surface area (Å²) in [7, 11) is 0. The summed E-state index contributed by atoms with van der Waals surface area (Å²) in [5, 5.41) is 0. The van der Waals surface area contributed by atoms with E-state index < -0.39 is 6.36 Å². The van der Waals surface area contributed by atoms with Gasteiger partial charge < -0.3 is 15.4 Å². The molecule has 0 radical (unpaired) electrons. The zero-order chi connectivity index (χ0) is 20.6. The van der Waals surface area contributed by atoms with Crippen LogP contribution in [0.2, 0.25) is 0 Å². The van der Waals surface area contributed by atoms with Gasteiger partial charge in [0.25, 0.3) is 0 Å². The van der Waals surface area contributed by atoms with Crippen LogP contribution in [0.3, 0.4) is 0 Å². The van der Waals surface area contributed by atoms with E-state index in [0.717, 1.165) is 31.5 Å². The summed E-state index contributed by atoms with van der Waals surface area (Å²) >= 11 is 0. The molecule has 5 nitrogen and oxygen atoms in total. The van der Waals surface area contributed by atoms with Gasteiger partial charge >= 0.3 is 6.36 Å². The molecule has 27 heavy (non-hydrogen) atoms. The van der Waals surface area contributed by atoms with Gasteiger partial charge in [0, 0.05) is 26.4 Å². The van der Waals surface area contributed by atoms with Crippen molar-refractivity contribution in [2.75, 3.05) is 13.1 Å². The van der Waals surface area contributed by atoms with Crippen molar-refractivity contribution in [3.8, 4) is 5.75 Å². The molecule has 0 aliphatic carbocycles. The van der Waals surface area contributed by atoms with Crippen molar-refractivity contribution < 1.29 is 27.5 Å². The predicted molar refractivity (Wildman–Crippen MR) is 96.0 cm³/mol. The van der Waals surface area contributed by atoms with Gasteiger partial charge in [0.1, 0.15) is 5.75 Å². The van der Waals surface area contributed by atoms with E-state index in [-0.39, 0.29) is 23.5 Å². The Bertz CT molecular complexity index is 614. The number of benzene rings is 1. The Balaban J connectivity index is 0.000000828. The summed E-state index contributed by atoms with van der Waals surface area (Å²) in [4.78, 5) is 23.5. The maximum Gasteiger partial charge on any atom is 0.573 e. The number of carbonyl (C=O) groups excluding carboxylic acids is 2. The van der Waals surface area contributed by atoms with Gasteiger partial charge in [-0.2, -0.15) is 0 Å². The molecule has 0 spiro atoms. The first kappa shape index (κ1) is 22.8. The van der Waals surface area contributed by atoms with Crippen molar-refractivity contribution in [3.63, 3.8) is 0 Å². The monoisotopic (exact) mass is 388 g/mol. The molecule has 0 aromatic heterocycles. The second kappa shape index (κ2) is 10.2. The third-order valence-corrected chi connectivity index (χ3v) is 4.17. The summed E-state index contributed by atoms with van der Waals surface area (Å²) in [6.45, 7) is 6.95. The smallest absolute Gasteiger partial charge is 0.406 e. The first-order chi connectivity index (χ1) is 12.5. The third kappa shape index (κ3) is 9.30. The largest absolute Gasteiger partial charge is 0.573 e. The van der Waals surface area contributed by atoms with Crippen molar-refractivity contribution in [3.05, 3.63) is 29.8 Å². The fourth-order valence-corrected chi connectivity index (χ4v) is 2.92. The molecule has 1 saturated heterocycles. The Kier molecular flexibility index (Phi) is 8.59. The molecule has 1 aromatic carbocycles. The zero-order valence-electron chi connectivity index (χ0n) is 15.9. The second-order valence-corrected chi connectivity index (χ2v) is 6.92. The highest BCUT2D eigenvalue weighted by Gasteiger charge is 2.31. The zero-order valence-corrected chi connectivity index (χ0v) is 15.9.